The van der Waals surface area contributed by atoms with Gasteiger partial charge in [0.15, 0.2) is 0 Å². The van der Waals surface area contributed by atoms with Crippen molar-refractivity contribution in [2.24, 2.45) is 5.92 Å². The zero-order chi connectivity index (χ0) is 17.5. The Kier molecular flexibility index (Phi) is 7.47. The first-order valence-corrected chi connectivity index (χ1v) is 8.89. The van der Waals surface area contributed by atoms with Crippen LogP contribution in [-0.4, -0.2) is 40.8 Å². The summed E-state index contributed by atoms with van der Waals surface area (Å²) in [7, 11) is -2.10. The molecule has 0 heterocycles. The first-order chi connectivity index (χ1) is 10.7. The summed E-state index contributed by atoms with van der Waals surface area (Å²) in [5.74, 6) is 0.355. The first-order valence-electron chi connectivity index (χ1n) is 7.40. The smallest absolute Gasteiger partial charge is 0.319 e. The highest BCUT2D eigenvalue weighted by molar-refractivity contribution is 7.89. The highest BCUT2D eigenvalue weighted by Crippen LogP contribution is 2.14. The molecule has 8 heteroatoms. The van der Waals surface area contributed by atoms with E-state index in [9.17, 15) is 13.2 Å². The summed E-state index contributed by atoms with van der Waals surface area (Å²) in [4.78, 5) is 11.8. The highest BCUT2D eigenvalue weighted by atomic mass is 32.2. The van der Waals surface area contributed by atoms with Crippen molar-refractivity contribution in [1.29, 1.82) is 0 Å². The van der Waals surface area contributed by atoms with Gasteiger partial charge in [-0.15, -0.1) is 0 Å². The van der Waals surface area contributed by atoms with Gasteiger partial charge in [0.05, 0.1) is 11.5 Å². The van der Waals surface area contributed by atoms with Crippen LogP contribution in [0, 0.1) is 5.92 Å². The summed E-state index contributed by atoms with van der Waals surface area (Å²) >= 11 is 0. The SMILES string of the molecule is COC[C@H](C)NS(=O)(=O)c1ccc(NC(=O)NCC(C)C)cc1. The number of urea groups is 1. The van der Waals surface area contributed by atoms with Crippen LogP contribution in [-0.2, 0) is 14.8 Å². The minimum atomic E-state index is -3.61. The zero-order valence-corrected chi connectivity index (χ0v) is 14.7. The van der Waals surface area contributed by atoms with Gasteiger partial charge in [0.1, 0.15) is 0 Å². The van der Waals surface area contributed by atoms with E-state index in [4.69, 9.17) is 4.74 Å². The fourth-order valence-electron chi connectivity index (χ4n) is 1.81. The molecule has 0 aliphatic heterocycles. The number of carbonyl (C=O) groups excluding carboxylic acids is 1. The summed E-state index contributed by atoms with van der Waals surface area (Å²) in [6.07, 6.45) is 0. The maximum absolute atomic E-state index is 12.2. The monoisotopic (exact) mass is 343 g/mol. The van der Waals surface area contributed by atoms with Crippen LogP contribution in [0.4, 0.5) is 10.5 Å². The van der Waals surface area contributed by atoms with E-state index in [1.807, 2.05) is 13.8 Å². The molecule has 0 radical (unpaired) electrons. The Hall–Kier alpha value is -1.64. The van der Waals surface area contributed by atoms with Crippen molar-refractivity contribution in [2.75, 3.05) is 25.6 Å². The Morgan fingerprint density at radius 2 is 1.78 bits per heavy atom. The number of methoxy groups -OCH3 is 1. The molecule has 1 atom stereocenters. The fraction of sp³-hybridized carbons (Fsp3) is 0.533. The van der Waals surface area contributed by atoms with E-state index in [1.165, 1.54) is 19.2 Å². The van der Waals surface area contributed by atoms with Crippen molar-refractivity contribution in [1.82, 2.24) is 10.0 Å². The maximum Gasteiger partial charge on any atom is 0.319 e. The quantitative estimate of drug-likeness (QED) is 0.670. The van der Waals surface area contributed by atoms with Crippen molar-refractivity contribution in [2.45, 2.75) is 31.7 Å². The van der Waals surface area contributed by atoms with Gasteiger partial charge in [-0.1, -0.05) is 13.8 Å². The Morgan fingerprint density at radius 1 is 1.17 bits per heavy atom. The third kappa shape index (κ3) is 6.98. The second kappa shape index (κ2) is 8.85. The fourth-order valence-corrected chi connectivity index (χ4v) is 3.03. The molecule has 1 rings (SSSR count). The van der Waals surface area contributed by atoms with Gasteiger partial charge in [0.2, 0.25) is 10.0 Å². The van der Waals surface area contributed by atoms with Crippen LogP contribution in [0.25, 0.3) is 0 Å². The Labute approximate surface area is 137 Å². The third-order valence-corrected chi connectivity index (χ3v) is 4.47. The molecule has 0 aromatic heterocycles. The summed E-state index contributed by atoms with van der Waals surface area (Å²) < 4.78 is 31.7. The topological polar surface area (TPSA) is 96.5 Å². The van der Waals surface area contributed by atoms with Gasteiger partial charge in [-0.3, -0.25) is 0 Å². The van der Waals surface area contributed by atoms with Gasteiger partial charge in [-0.25, -0.2) is 17.9 Å². The average molecular weight is 343 g/mol. The Bertz CT molecular complexity index is 600. The Balaban J connectivity index is 2.67. The van der Waals surface area contributed by atoms with Gasteiger partial charge >= 0.3 is 6.03 Å². The molecule has 0 spiro atoms. The van der Waals surface area contributed by atoms with E-state index in [0.717, 1.165) is 0 Å². The molecule has 23 heavy (non-hydrogen) atoms. The van der Waals surface area contributed by atoms with Crippen LogP contribution in [0.2, 0.25) is 0 Å². The molecule has 0 saturated heterocycles. The molecule has 130 valence electrons. The zero-order valence-electron chi connectivity index (χ0n) is 13.9. The lowest BCUT2D eigenvalue weighted by atomic mass is 10.2. The van der Waals surface area contributed by atoms with Gasteiger partial charge in [0.25, 0.3) is 0 Å². The van der Waals surface area contributed by atoms with E-state index in [-0.39, 0.29) is 23.6 Å². The molecule has 2 amide bonds. The molecular formula is C15H25N3O4S. The number of carbonyl (C=O) groups is 1. The van der Waals surface area contributed by atoms with Crippen LogP contribution >= 0.6 is 0 Å². The number of ether oxygens (including phenoxy) is 1. The highest BCUT2D eigenvalue weighted by Gasteiger charge is 2.17. The van der Waals surface area contributed by atoms with Crippen molar-refractivity contribution >= 4 is 21.7 Å². The summed E-state index contributed by atoms with van der Waals surface area (Å²) in [5.41, 5.74) is 0.523. The molecular weight excluding hydrogens is 318 g/mol. The third-order valence-electron chi connectivity index (χ3n) is 2.87. The van der Waals surface area contributed by atoms with Gasteiger partial charge in [-0.05, 0) is 37.1 Å². The van der Waals surface area contributed by atoms with Crippen LogP contribution in [0.15, 0.2) is 29.2 Å². The van der Waals surface area contributed by atoms with Crippen molar-refractivity contribution in [3.63, 3.8) is 0 Å². The number of sulfonamides is 1. The lowest BCUT2D eigenvalue weighted by Gasteiger charge is -2.14. The number of benzene rings is 1. The van der Waals surface area contributed by atoms with Gasteiger partial charge < -0.3 is 15.4 Å². The molecule has 0 bridgehead atoms. The predicted octanol–water partition coefficient (Wildman–Crippen LogP) is 1.78. The summed E-state index contributed by atoms with van der Waals surface area (Å²) in [5, 5.41) is 5.37. The Morgan fingerprint density at radius 3 is 2.30 bits per heavy atom. The van der Waals surface area contributed by atoms with Gasteiger partial charge in [-0.2, -0.15) is 0 Å². The first kappa shape index (κ1) is 19.4. The maximum atomic E-state index is 12.2. The predicted molar refractivity (Wildman–Crippen MR) is 90.0 cm³/mol. The van der Waals surface area contributed by atoms with Crippen molar-refractivity contribution in [3.8, 4) is 0 Å². The number of hydrogen-bond acceptors (Lipinski definition) is 4. The molecule has 0 fully saturated rings. The van der Waals surface area contributed by atoms with E-state index in [1.54, 1.807) is 19.1 Å². The second-order valence-electron chi connectivity index (χ2n) is 5.73. The van der Waals surface area contributed by atoms with E-state index in [2.05, 4.69) is 15.4 Å². The lowest BCUT2D eigenvalue weighted by molar-refractivity contribution is 0.180. The minimum absolute atomic E-state index is 0.133. The number of rotatable bonds is 8. The standard InChI is InChI=1S/C15H25N3O4S/c1-11(2)9-16-15(19)17-13-5-7-14(8-6-13)23(20,21)18-12(3)10-22-4/h5-8,11-12,18H,9-10H2,1-4H3,(H2,16,17,19)/t12-/m0/s1. The second-order valence-corrected chi connectivity index (χ2v) is 7.44. The minimum Gasteiger partial charge on any atom is -0.383 e. The van der Waals surface area contributed by atoms with Gasteiger partial charge in [0, 0.05) is 25.4 Å². The molecule has 0 unspecified atom stereocenters. The molecule has 7 nitrogen and oxygen atoms in total. The molecule has 0 saturated carbocycles. The van der Waals surface area contributed by atoms with Crippen LogP contribution in [0.1, 0.15) is 20.8 Å². The molecule has 3 N–H and O–H groups in total. The van der Waals surface area contributed by atoms with E-state index < -0.39 is 10.0 Å². The molecule has 0 aliphatic rings. The largest absolute Gasteiger partial charge is 0.383 e. The number of nitrogens with one attached hydrogen (secondary N) is 3. The number of anilines is 1. The summed E-state index contributed by atoms with van der Waals surface area (Å²) in [6, 6.07) is 5.33. The van der Waals surface area contributed by atoms with Crippen molar-refractivity contribution in [3.05, 3.63) is 24.3 Å². The van der Waals surface area contributed by atoms with Crippen molar-refractivity contribution < 1.29 is 17.9 Å². The summed E-state index contributed by atoms with van der Waals surface area (Å²) in [6.45, 7) is 6.57. The average Bonchev–Trinajstić information content (AvgIpc) is 2.45. The number of hydrogen-bond donors (Lipinski definition) is 3. The normalized spacial score (nSPS) is 12.9. The van der Waals surface area contributed by atoms with Crippen LogP contribution in [0.5, 0.6) is 0 Å². The molecule has 1 aromatic rings. The van der Waals surface area contributed by atoms with E-state index in [0.29, 0.717) is 18.2 Å². The molecule has 0 aliphatic carbocycles. The number of amides is 2. The lowest BCUT2D eigenvalue weighted by Crippen LogP contribution is -2.35. The van der Waals surface area contributed by atoms with E-state index >= 15 is 0 Å². The van der Waals surface area contributed by atoms with Crippen LogP contribution < -0.4 is 15.4 Å². The van der Waals surface area contributed by atoms with Crippen LogP contribution in [0.3, 0.4) is 0 Å². The molecule has 1 aromatic carbocycles.